The number of pyridine rings is 1. The summed E-state index contributed by atoms with van der Waals surface area (Å²) in [4.78, 5) is 28.1. The van der Waals surface area contributed by atoms with Crippen LogP contribution >= 0.6 is 0 Å². The molecule has 1 unspecified atom stereocenters. The molecule has 1 atom stereocenters. The Bertz CT molecular complexity index is 569. The van der Waals surface area contributed by atoms with Crippen molar-refractivity contribution >= 4 is 23.8 Å². The lowest BCUT2D eigenvalue weighted by Crippen LogP contribution is -2.28. The number of carbonyl (C=O) groups excluding carboxylic acids is 1. The van der Waals surface area contributed by atoms with Crippen molar-refractivity contribution in [2.45, 2.75) is 13.3 Å². The third-order valence-electron chi connectivity index (χ3n) is 3.38. The van der Waals surface area contributed by atoms with Gasteiger partial charge in [0.05, 0.1) is 5.92 Å². The van der Waals surface area contributed by atoms with Gasteiger partial charge in [0.25, 0.3) is 0 Å². The second-order valence-corrected chi connectivity index (χ2v) is 4.91. The summed E-state index contributed by atoms with van der Waals surface area (Å²) in [6.07, 6.45) is 4.95. The molecule has 0 aromatic carbocycles. The van der Waals surface area contributed by atoms with Crippen molar-refractivity contribution in [1.29, 1.82) is 0 Å². The molecule has 6 heteroatoms. The van der Waals surface area contributed by atoms with E-state index in [1.807, 2.05) is 17.9 Å². The first kappa shape index (κ1) is 14.0. The van der Waals surface area contributed by atoms with E-state index >= 15 is 0 Å². The number of hydrogen-bond donors (Lipinski definition) is 2. The predicted molar refractivity (Wildman–Crippen MR) is 75.2 cm³/mol. The zero-order valence-electron chi connectivity index (χ0n) is 11.2. The molecule has 3 N–H and O–H groups in total. The number of aromatic nitrogens is 1. The summed E-state index contributed by atoms with van der Waals surface area (Å²) in [5, 5.41) is 8.59. The third-order valence-corrected chi connectivity index (χ3v) is 3.38. The van der Waals surface area contributed by atoms with Crippen LogP contribution in [0.4, 0.5) is 5.82 Å². The molecule has 1 aromatic rings. The van der Waals surface area contributed by atoms with Crippen molar-refractivity contribution in [3.05, 3.63) is 29.5 Å². The molecule has 1 fully saturated rings. The minimum absolute atomic E-state index is 0.122. The molecular weight excluding hydrogens is 258 g/mol. The van der Waals surface area contributed by atoms with Crippen molar-refractivity contribution in [2.24, 2.45) is 11.7 Å². The first-order chi connectivity index (χ1) is 9.47. The van der Waals surface area contributed by atoms with Gasteiger partial charge in [-0.25, -0.2) is 9.78 Å². The summed E-state index contributed by atoms with van der Waals surface area (Å²) >= 11 is 0. The number of anilines is 1. The fourth-order valence-corrected chi connectivity index (χ4v) is 2.36. The fourth-order valence-electron chi connectivity index (χ4n) is 2.36. The molecule has 0 aliphatic carbocycles. The maximum absolute atomic E-state index is 11.2. The second kappa shape index (κ2) is 5.73. The van der Waals surface area contributed by atoms with Crippen molar-refractivity contribution in [2.75, 3.05) is 18.0 Å². The van der Waals surface area contributed by atoms with E-state index in [4.69, 9.17) is 10.8 Å². The minimum atomic E-state index is -0.990. The van der Waals surface area contributed by atoms with E-state index < -0.39 is 5.97 Å². The molecule has 0 spiro atoms. The third kappa shape index (κ3) is 3.14. The van der Waals surface area contributed by atoms with Crippen LogP contribution in [0.5, 0.6) is 0 Å². The Labute approximate surface area is 116 Å². The zero-order chi connectivity index (χ0) is 14.7. The van der Waals surface area contributed by atoms with Gasteiger partial charge in [0, 0.05) is 25.4 Å². The van der Waals surface area contributed by atoms with Crippen LogP contribution < -0.4 is 10.6 Å². The molecule has 2 heterocycles. The van der Waals surface area contributed by atoms with Gasteiger partial charge in [-0.3, -0.25) is 4.79 Å². The lowest BCUT2D eigenvalue weighted by Gasteiger charge is -2.19. The smallest absolute Gasteiger partial charge is 0.328 e. The SMILES string of the molecule is Cc1cc(/C=C/C(=O)O)cnc1N1CCC(C(N)=O)C1. The number of amides is 1. The van der Waals surface area contributed by atoms with Crippen LogP contribution in [0, 0.1) is 12.8 Å². The molecular formula is C14H17N3O3. The van der Waals surface area contributed by atoms with E-state index in [9.17, 15) is 9.59 Å². The average Bonchev–Trinajstić information content (AvgIpc) is 2.86. The molecule has 1 aliphatic rings. The lowest BCUT2D eigenvalue weighted by molar-refractivity contribution is -0.131. The van der Waals surface area contributed by atoms with E-state index in [-0.39, 0.29) is 11.8 Å². The molecule has 6 nitrogen and oxygen atoms in total. The number of aryl methyl sites for hydroxylation is 1. The Kier molecular flexibility index (Phi) is 4.02. The predicted octanol–water partition coefficient (Wildman–Crippen LogP) is 0.799. The molecule has 1 aromatic heterocycles. The summed E-state index contributed by atoms with van der Waals surface area (Å²) in [5.74, 6) is -0.564. The summed E-state index contributed by atoms with van der Waals surface area (Å²) < 4.78 is 0. The van der Waals surface area contributed by atoms with Gasteiger partial charge in [-0.15, -0.1) is 0 Å². The maximum Gasteiger partial charge on any atom is 0.328 e. The second-order valence-electron chi connectivity index (χ2n) is 4.91. The maximum atomic E-state index is 11.2. The Morgan fingerprint density at radius 1 is 1.55 bits per heavy atom. The summed E-state index contributed by atoms with van der Waals surface area (Å²) in [6, 6.07) is 1.87. The standard InChI is InChI=1S/C14H17N3O3/c1-9-6-10(2-3-12(18)19)7-16-14(9)17-5-4-11(8-17)13(15)20/h2-3,6-7,11H,4-5,8H2,1H3,(H2,15,20)(H,18,19)/b3-2+. The summed E-state index contributed by atoms with van der Waals surface area (Å²) in [7, 11) is 0. The molecule has 0 radical (unpaired) electrons. The molecule has 20 heavy (non-hydrogen) atoms. The average molecular weight is 275 g/mol. The van der Waals surface area contributed by atoms with E-state index in [2.05, 4.69) is 4.98 Å². The summed E-state index contributed by atoms with van der Waals surface area (Å²) in [6.45, 7) is 3.26. The fraction of sp³-hybridized carbons (Fsp3) is 0.357. The summed E-state index contributed by atoms with van der Waals surface area (Å²) in [5.41, 5.74) is 7.00. The first-order valence-corrected chi connectivity index (χ1v) is 6.39. The van der Waals surface area contributed by atoms with Crippen LogP contribution in [0.3, 0.4) is 0 Å². The van der Waals surface area contributed by atoms with E-state index in [0.29, 0.717) is 6.54 Å². The number of carboxylic acid groups (broad SMARTS) is 1. The topological polar surface area (TPSA) is 96.5 Å². The van der Waals surface area contributed by atoms with Crippen LogP contribution in [0.2, 0.25) is 0 Å². The van der Waals surface area contributed by atoms with Crippen molar-refractivity contribution < 1.29 is 14.7 Å². The number of hydrogen-bond acceptors (Lipinski definition) is 4. The lowest BCUT2D eigenvalue weighted by atomic mass is 10.1. The van der Waals surface area contributed by atoms with Crippen molar-refractivity contribution in [3.63, 3.8) is 0 Å². The Hall–Kier alpha value is -2.37. The molecule has 1 aliphatic heterocycles. The Balaban J connectivity index is 2.14. The van der Waals surface area contributed by atoms with Crippen LogP contribution in [-0.4, -0.2) is 35.1 Å². The number of rotatable bonds is 4. The van der Waals surface area contributed by atoms with Gasteiger partial charge >= 0.3 is 5.97 Å². The van der Waals surface area contributed by atoms with Gasteiger partial charge in [-0.1, -0.05) is 0 Å². The highest BCUT2D eigenvalue weighted by atomic mass is 16.4. The van der Waals surface area contributed by atoms with Crippen LogP contribution in [0.15, 0.2) is 18.3 Å². The molecule has 2 rings (SSSR count). The quantitative estimate of drug-likeness (QED) is 0.792. The Morgan fingerprint density at radius 2 is 2.30 bits per heavy atom. The van der Waals surface area contributed by atoms with E-state index in [0.717, 1.165) is 36.0 Å². The van der Waals surface area contributed by atoms with Gasteiger partial charge in [0.15, 0.2) is 0 Å². The first-order valence-electron chi connectivity index (χ1n) is 6.39. The molecule has 1 saturated heterocycles. The van der Waals surface area contributed by atoms with Crippen LogP contribution in [0.25, 0.3) is 6.08 Å². The highest BCUT2D eigenvalue weighted by molar-refractivity contribution is 5.85. The number of aliphatic carboxylic acids is 1. The number of carboxylic acids is 1. The zero-order valence-corrected chi connectivity index (χ0v) is 11.2. The highest BCUT2D eigenvalue weighted by Gasteiger charge is 2.28. The molecule has 0 saturated carbocycles. The number of carbonyl (C=O) groups is 2. The number of nitrogens with two attached hydrogens (primary N) is 1. The normalized spacial score (nSPS) is 18.6. The van der Waals surface area contributed by atoms with E-state index in [1.54, 1.807) is 6.20 Å². The van der Waals surface area contributed by atoms with E-state index in [1.165, 1.54) is 6.08 Å². The molecule has 0 bridgehead atoms. The van der Waals surface area contributed by atoms with Gasteiger partial charge in [0.1, 0.15) is 5.82 Å². The molecule has 106 valence electrons. The number of primary amides is 1. The van der Waals surface area contributed by atoms with Gasteiger partial charge in [-0.05, 0) is 36.6 Å². The molecule has 1 amide bonds. The van der Waals surface area contributed by atoms with Crippen molar-refractivity contribution in [1.82, 2.24) is 4.98 Å². The van der Waals surface area contributed by atoms with Crippen LogP contribution in [0.1, 0.15) is 17.5 Å². The number of nitrogens with zero attached hydrogens (tertiary/aromatic N) is 2. The minimum Gasteiger partial charge on any atom is -0.478 e. The monoisotopic (exact) mass is 275 g/mol. The van der Waals surface area contributed by atoms with Crippen molar-refractivity contribution in [3.8, 4) is 0 Å². The Morgan fingerprint density at radius 3 is 2.85 bits per heavy atom. The highest BCUT2D eigenvalue weighted by Crippen LogP contribution is 2.25. The largest absolute Gasteiger partial charge is 0.478 e. The van der Waals surface area contributed by atoms with Gasteiger partial charge < -0.3 is 15.7 Å². The van der Waals surface area contributed by atoms with Crippen LogP contribution in [-0.2, 0) is 9.59 Å². The van der Waals surface area contributed by atoms with Gasteiger partial charge in [0.2, 0.25) is 5.91 Å². The van der Waals surface area contributed by atoms with Gasteiger partial charge in [-0.2, -0.15) is 0 Å².